The topological polar surface area (TPSA) is 72.2 Å². The Morgan fingerprint density at radius 2 is 1.90 bits per heavy atom. The van der Waals surface area contributed by atoms with Crippen LogP contribution in [-0.2, 0) is 10.0 Å². The van der Waals surface area contributed by atoms with Crippen LogP contribution in [0.15, 0.2) is 41.3 Å². The number of hydrogen-bond acceptors (Lipinski definition) is 3. The highest BCUT2D eigenvalue weighted by Gasteiger charge is 2.19. The maximum atomic E-state index is 13.1. The molecule has 0 fully saturated rings. The Bertz CT molecular complexity index is 763. The second kappa shape index (κ2) is 5.30. The van der Waals surface area contributed by atoms with Gasteiger partial charge in [-0.15, -0.1) is 0 Å². The van der Waals surface area contributed by atoms with Crippen LogP contribution in [0.2, 0.25) is 5.02 Å². The van der Waals surface area contributed by atoms with Gasteiger partial charge in [0.25, 0.3) is 10.0 Å². The lowest BCUT2D eigenvalue weighted by Gasteiger charge is -2.11. The van der Waals surface area contributed by atoms with Crippen molar-refractivity contribution < 1.29 is 12.8 Å². The lowest BCUT2D eigenvalue weighted by molar-refractivity contribution is 0.601. The number of nitrogens with two attached hydrogens (primary N) is 1. The van der Waals surface area contributed by atoms with Crippen molar-refractivity contribution in [2.45, 2.75) is 11.8 Å². The average Bonchev–Trinajstić information content (AvgIpc) is 2.33. The Hall–Kier alpha value is -1.79. The third-order valence-electron chi connectivity index (χ3n) is 2.63. The molecule has 2 aromatic carbocycles. The first-order valence-corrected chi connectivity index (χ1v) is 7.50. The van der Waals surface area contributed by atoms with E-state index in [0.717, 1.165) is 17.7 Å². The second-order valence-electron chi connectivity index (χ2n) is 4.27. The summed E-state index contributed by atoms with van der Waals surface area (Å²) in [5.74, 6) is -0.594. The molecule has 0 heterocycles. The zero-order chi connectivity index (χ0) is 14.9. The predicted molar refractivity (Wildman–Crippen MR) is 77.8 cm³/mol. The number of rotatable bonds is 3. The summed E-state index contributed by atoms with van der Waals surface area (Å²) < 4.78 is 39.8. The Balaban J connectivity index is 2.43. The van der Waals surface area contributed by atoms with E-state index in [1.54, 1.807) is 19.1 Å². The molecule has 0 atom stereocenters. The molecule has 0 bridgehead atoms. The normalized spacial score (nSPS) is 11.3. The number of anilines is 2. The summed E-state index contributed by atoms with van der Waals surface area (Å²) >= 11 is 5.83. The summed E-state index contributed by atoms with van der Waals surface area (Å²) in [7, 11) is -3.93. The minimum atomic E-state index is -3.93. The summed E-state index contributed by atoms with van der Waals surface area (Å²) in [5, 5.41) is 0.0978. The van der Waals surface area contributed by atoms with E-state index in [1.807, 2.05) is 0 Å². The molecule has 0 amide bonds. The van der Waals surface area contributed by atoms with E-state index in [2.05, 4.69) is 4.72 Å². The largest absolute Gasteiger partial charge is 0.398 e. The lowest BCUT2D eigenvalue weighted by atomic mass is 10.2. The monoisotopic (exact) mass is 314 g/mol. The maximum absolute atomic E-state index is 13.1. The van der Waals surface area contributed by atoms with Gasteiger partial charge in [0.1, 0.15) is 10.7 Å². The fourth-order valence-electron chi connectivity index (χ4n) is 1.69. The molecule has 20 heavy (non-hydrogen) atoms. The van der Waals surface area contributed by atoms with Crippen LogP contribution >= 0.6 is 11.6 Å². The summed E-state index contributed by atoms with van der Waals surface area (Å²) in [6, 6.07) is 7.97. The van der Waals surface area contributed by atoms with E-state index >= 15 is 0 Å². The molecule has 7 heteroatoms. The van der Waals surface area contributed by atoms with Crippen LogP contribution in [0.5, 0.6) is 0 Å². The van der Waals surface area contributed by atoms with Gasteiger partial charge in [-0.1, -0.05) is 17.7 Å². The van der Waals surface area contributed by atoms with Crippen LogP contribution in [0.1, 0.15) is 5.56 Å². The van der Waals surface area contributed by atoms with Gasteiger partial charge in [0.15, 0.2) is 0 Å². The summed E-state index contributed by atoms with van der Waals surface area (Å²) in [6.07, 6.45) is 0. The molecular weight excluding hydrogens is 303 g/mol. The van der Waals surface area contributed by atoms with Gasteiger partial charge in [0.05, 0.1) is 16.4 Å². The smallest absolute Gasteiger partial charge is 0.263 e. The molecule has 2 aromatic rings. The number of hydrogen-bond donors (Lipinski definition) is 2. The molecule has 0 aliphatic carbocycles. The molecule has 0 aliphatic rings. The van der Waals surface area contributed by atoms with Crippen LogP contribution in [0.3, 0.4) is 0 Å². The van der Waals surface area contributed by atoms with Crippen LogP contribution in [0.25, 0.3) is 0 Å². The van der Waals surface area contributed by atoms with Gasteiger partial charge < -0.3 is 5.73 Å². The van der Waals surface area contributed by atoms with Gasteiger partial charge in [-0.2, -0.15) is 0 Å². The Morgan fingerprint density at radius 1 is 1.20 bits per heavy atom. The highest BCUT2D eigenvalue weighted by atomic mass is 35.5. The molecule has 0 aliphatic heterocycles. The molecule has 0 saturated heterocycles. The highest BCUT2D eigenvalue weighted by Crippen LogP contribution is 2.27. The van der Waals surface area contributed by atoms with Crippen LogP contribution < -0.4 is 10.5 Å². The molecule has 0 saturated carbocycles. The molecular formula is C13H12ClFN2O2S. The zero-order valence-corrected chi connectivity index (χ0v) is 12.1. The molecule has 0 aromatic heterocycles. The van der Waals surface area contributed by atoms with E-state index in [4.69, 9.17) is 17.3 Å². The number of benzene rings is 2. The van der Waals surface area contributed by atoms with Crippen molar-refractivity contribution in [3.05, 3.63) is 52.8 Å². The van der Waals surface area contributed by atoms with Gasteiger partial charge in [-0.3, -0.25) is 4.72 Å². The van der Waals surface area contributed by atoms with Crippen molar-refractivity contribution in [1.29, 1.82) is 0 Å². The number of nitrogen functional groups attached to an aromatic ring is 1. The van der Waals surface area contributed by atoms with E-state index in [1.165, 1.54) is 12.1 Å². The predicted octanol–water partition coefficient (Wildman–Crippen LogP) is 3.17. The minimum Gasteiger partial charge on any atom is -0.398 e. The minimum absolute atomic E-state index is 0.0355. The molecule has 4 nitrogen and oxygen atoms in total. The van der Waals surface area contributed by atoms with Crippen LogP contribution in [-0.4, -0.2) is 8.42 Å². The molecule has 0 spiro atoms. The molecule has 0 unspecified atom stereocenters. The van der Waals surface area contributed by atoms with Crippen molar-refractivity contribution in [3.8, 4) is 0 Å². The van der Waals surface area contributed by atoms with Crippen molar-refractivity contribution in [1.82, 2.24) is 0 Å². The van der Waals surface area contributed by atoms with E-state index < -0.39 is 15.8 Å². The number of halogens is 2. The third-order valence-corrected chi connectivity index (χ3v) is 4.40. The van der Waals surface area contributed by atoms with Crippen LogP contribution in [0, 0.1) is 12.7 Å². The number of nitrogens with one attached hydrogen (secondary N) is 1. The first-order valence-electron chi connectivity index (χ1n) is 5.63. The Labute approximate surface area is 121 Å². The molecule has 2 rings (SSSR count). The van der Waals surface area contributed by atoms with E-state index in [9.17, 15) is 12.8 Å². The SMILES string of the molecule is Cc1ccc(S(=O)(=O)Nc2cc(F)ccc2Cl)c(N)c1. The van der Waals surface area contributed by atoms with Crippen molar-refractivity contribution in [2.24, 2.45) is 0 Å². The van der Waals surface area contributed by atoms with Gasteiger partial charge in [0.2, 0.25) is 0 Å². The maximum Gasteiger partial charge on any atom is 0.263 e. The standard InChI is InChI=1S/C13H12ClFN2O2S/c1-8-2-5-13(11(16)6-8)20(18,19)17-12-7-9(15)3-4-10(12)14/h2-7,17H,16H2,1H3. The van der Waals surface area contributed by atoms with Crippen molar-refractivity contribution in [3.63, 3.8) is 0 Å². The summed E-state index contributed by atoms with van der Waals surface area (Å²) in [6.45, 7) is 1.80. The second-order valence-corrected chi connectivity index (χ2v) is 6.33. The van der Waals surface area contributed by atoms with Crippen LogP contribution in [0.4, 0.5) is 15.8 Å². The summed E-state index contributed by atoms with van der Waals surface area (Å²) in [4.78, 5) is -0.0802. The van der Waals surface area contributed by atoms with Crippen molar-refractivity contribution >= 4 is 33.0 Å². The van der Waals surface area contributed by atoms with Gasteiger partial charge >= 0.3 is 0 Å². The fourth-order valence-corrected chi connectivity index (χ4v) is 3.09. The fraction of sp³-hybridized carbons (Fsp3) is 0.0769. The van der Waals surface area contributed by atoms with Crippen molar-refractivity contribution in [2.75, 3.05) is 10.5 Å². The molecule has 3 N–H and O–H groups in total. The average molecular weight is 315 g/mol. The van der Waals surface area contributed by atoms with Gasteiger partial charge in [0, 0.05) is 0 Å². The third kappa shape index (κ3) is 3.02. The van der Waals surface area contributed by atoms with E-state index in [-0.39, 0.29) is 21.3 Å². The van der Waals surface area contributed by atoms with Gasteiger partial charge in [-0.05, 0) is 42.8 Å². The number of aryl methyl sites for hydroxylation is 1. The van der Waals surface area contributed by atoms with E-state index in [0.29, 0.717) is 0 Å². The number of sulfonamides is 1. The molecule has 0 radical (unpaired) electrons. The highest BCUT2D eigenvalue weighted by molar-refractivity contribution is 7.92. The summed E-state index contributed by atoms with van der Waals surface area (Å²) in [5.41, 5.74) is 6.62. The Kier molecular flexibility index (Phi) is 3.87. The Morgan fingerprint density at radius 3 is 2.55 bits per heavy atom. The molecule has 106 valence electrons. The lowest BCUT2D eigenvalue weighted by Crippen LogP contribution is -2.15. The zero-order valence-electron chi connectivity index (χ0n) is 10.5. The first-order chi connectivity index (χ1) is 9.29. The quantitative estimate of drug-likeness (QED) is 0.855. The first kappa shape index (κ1) is 14.6. The van der Waals surface area contributed by atoms with Gasteiger partial charge in [-0.25, -0.2) is 12.8 Å².